The van der Waals surface area contributed by atoms with Crippen LogP contribution in [0.5, 0.6) is 5.75 Å². The molecule has 1 rings (SSSR count). The van der Waals surface area contributed by atoms with Crippen molar-refractivity contribution >= 4 is 21.6 Å². The minimum absolute atomic E-state index is 0.0595. The van der Waals surface area contributed by atoms with Crippen LogP contribution in [0.4, 0.5) is 5.69 Å². The zero-order valence-electron chi connectivity index (χ0n) is 9.27. The lowest BCUT2D eigenvalue weighted by Crippen LogP contribution is -2.10. The third-order valence-electron chi connectivity index (χ3n) is 2.17. The summed E-state index contributed by atoms with van der Waals surface area (Å²) in [6, 6.07) is 5.10. The molecule has 88 valence electrons. The van der Waals surface area contributed by atoms with Gasteiger partial charge in [-0.15, -0.1) is 0 Å². The van der Waals surface area contributed by atoms with E-state index >= 15 is 0 Å². The highest BCUT2D eigenvalue weighted by Crippen LogP contribution is 2.30. The molecule has 4 nitrogen and oxygen atoms in total. The lowest BCUT2D eigenvalue weighted by molar-refractivity contribution is -0.386. The van der Waals surface area contributed by atoms with E-state index in [-0.39, 0.29) is 5.69 Å². The van der Waals surface area contributed by atoms with Crippen molar-refractivity contribution in [3.8, 4) is 5.75 Å². The number of rotatable bonds is 5. The van der Waals surface area contributed by atoms with Gasteiger partial charge in [-0.05, 0) is 18.9 Å². The van der Waals surface area contributed by atoms with Crippen molar-refractivity contribution in [1.82, 2.24) is 0 Å². The van der Waals surface area contributed by atoms with Crippen LogP contribution in [0.15, 0.2) is 18.2 Å². The molecule has 0 N–H and O–H groups in total. The van der Waals surface area contributed by atoms with Crippen molar-refractivity contribution in [3.05, 3.63) is 33.9 Å². The second kappa shape index (κ2) is 5.84. The lowest BCUT2D eigenvalue weighted by Gasteiger charge is -2.11. The van der Waals surface area contributed by atoms with Gasteiger partial charge in [-0.2, -0.15) is 0 Å². The van der Waals surface area contributed by atoms with Gasteiger partial charge in [-0.1, -0.05) is 35.0 Å². The van der Waals surface area contributed by atoms with Gasteiger partial charge < -0.3 is 4.74 Å². The standard InChI is InChI=1S/C11H14BrNO3/c1-8(6-12)7-16-10-5-3-4-9(2)11(10)13(14)15/h3-5,8H,6-7H2,1-2H3. The number of halogens is 1. The maximum Gasteiger partial charge on any atom is 0.313 e. The Morgan fingerprint density at radius 1 is 1.56 bits per heavy atom. The van der Waals surface area contributed by atoms with Crippen LogP contribution < -0.4 is 4.74 Å². The molecule has 0 saturated carbocycles. The van der Waals surface area contributed by atoms with Crippen LogP contribution in [0.3, 0.4) is 0 Å². The predicted molar refractivity (Wildman–Crippen MR) is 66.3 cm³/mol. The van der Waals surface area contributed by atoms with Gasteiger partial charge in [0.15, 0.2) is 5.75 Å². The first-order valence-corrected chi connectivity index (χ1v) is 6.11. The summed E-state index contributed by atoms with van der Waals surface area (Å²) in [6.45, 7) is 4.19. The zero-order chi connectivity index (χ0) is 12.1. The van der Waals surface area contributed by atoms with Gasteiger partial charge in [0.25, 0.3) is 0 Å². The van der Waals surface area contributed by atoms with Crippen LogP contribution in [-0.4, -0.2) is 16.9 Å². The second-order valence-electron chi connectivity index (χ2n) is 3.75. The van der Waals surface area contributed by atoms with E-state index in [1.54, 1.807) is 25.1 Å². The fraction of sp³-hybridized carbons (Fsp3) is 0.455. The van der Waals surface area contributed by atoms with Gasteiger partial charge in [0.2, 0.25) is 0 Å². The Bertz CT molecular complexity index is 381. The summed E-state index contributed by atoms with van der Waals surface area (Å²) in [6.07, 6.45) is 0. The molecule has 0 aromatic heterocycles. The molecule has 1 aromatic carbocycles. The van der Waals surface area contributed by atoms with E-state index in [1.165, 1.54) is 0 Å². The van der Waals surface area contributed by atoms with Crippen molar-refractivity contribution in [2.24, 2.45) is 5.92 Å². The van der Waals surface area contributed by atoms with Gasteiger partial charge in [-0.25, -0.2) is 0 Å². The summed E-state index contributed by atoms with van der Waals surface area (Å²) in [5.41, 5.74) is 0.679. The molecule has 0 heterocycles. The van der Waals surface area contributed by atoms with E-state index < -0.39 is 4.92 Å². The monoisotopic (exact) mass is 287 g/mol. The molecule has 0 saturated heterocycles. The maximum absolute atomic E-state index is 10.9. The Balaban J connectivity index is 2.87. The molecular formula is C11H14BrNO3. The molecule has 0 spiro atoms. The summed E-state index contributed by atoms with van der Waals surface area (Å²) < 4.78 is 5.46. The van der Waals surface area contributed by atoms with Crippen LogP contribution in [0.25, 0.3) is 0 Å². The van der Waals surface area contributed by atoms with E-state index in [2.05, 4.69) is 15.9 Å². The maximum atomic E-state index is 10.9. The highest BCUT2D eigenvalue weighted by molar-refractivity contribution is 9.09. The largest absolute Gasteiger partial charge is 0.486 e. The normalized spacial score (nSPS) is 12.2. The third kappa shape index (κ3) is 3.20. The van der Waals surface area contributed by atoms with Gasteiger partial charge in [0.1, 0.15) is 0 Å². The Morgan fingerprint density at radius 3 is 2.81 bits per heavy atom. The number of ether oxygens (including phenoxy) is 1. The summed E-state index contributed by atoms with van der Waals surface area (Å²) >= 11 is 3.34. The summed E-state index contributed by atoms with van der Waals surface area (Å²) in [4.78, 5) is 10.5. The topological polar surface area (TPSA) is 52.4 Å². The van der Waals surface area contributed by atoms with Gasteiger partial charge in [0, 0.05) is 10.9 Å². The minimum atomic E-state index is -0.399. The van der Waals surface area contributed by atoms with E-state index in [1.807, 2.05) is 6.92 Å². The van der Waals surface area contributed by atoms with Gasteiger partial charge in [0.05, 0.1) is 11.5 Å². The van der Waals surface area contributed by atoms with Crippen LogP contribution in [0.2, 0.25) is 0 Å². The van der Waals surface area contributed by atoms with Crippen molar-refractivity contribution in [1.29, 1.82) is 0 Å². The number of alkyl halides is 1. The van der Waals surface area contributed by atoms with Crippen molar-refractivity contribution in [2.45, 2.75) is 13.8 Å². The lowest BCUT2D eigenvalue weighted by atomic mass is 10.2. The quantitative estimate of drug-likeness (QED) is 0.474. The highest BCUT2D eigenvalue weighted by atomic mass is 79.9. The van der Waals surface area contributed by atoms with E-state index in [4.69, 9.17) is 4.74 Å². The molecule has 0 bridgehead atoms. The van der Waals surface area contributed by atoms with Crippen molar-refractivity contribution in [3.63, 3.8) is 0 Å². The Kier molecular flexibility index (Phi) is 4.73. The number of hydrogen-bond acceptors (Lipinski definition) is 3. The summed E-state index contributed by atoms with van der Waals surface area (Å²) in [7, 11) is 0. The minimum Gasteiger partial charge on any atom is -0.486 e. The fourth-order valence-electron chi connectivity index (χ4n) is 1.26. The number of benzene rings is 1. The number of para-hydroxylation sites is 1. The van der Waals surface area contributed by atoms with Crippen LogP contribution >= 0.6 is 15.9 Å². The fourth-order valence-corrected chi connectivity index (χ4v) is 1.45. The van der Waals surface area contributed by atoms with Gasteiger partial charge in [-0.3, -0.25) is 10.1 Å². The predicted octanol–water partition coefficient (Wildman–Crippen LogP) is 3.31. The number of aryl methyl sites for hydroxylation is 1. The first-order valence-electron chi connectivity index (χ1n) is 4.99. The van der Waals surface area contributed by atoms with Crippen molar-refractivity contribution < 1.29 is 9.66 Å². The smallest absolute Gasteiger partial charge is 0.313 e. The molecule has 5 heteroatoms. The summed E-state index contributed by atoms with van der Waals surface area (Å²) in [5.74, 6) is 0.665. The Labute approximate surface area is 103 Å². The number of hydrogen-bond donors (Lipinski definition) is 0. The molecule has 0 radical (unpaired) electrons. The third-order valence-corrected chi connectivity index (χ3v) is 3.28. The Morgan fingerprint density at radius 2 is 2.25 bits per heavy atom. The molecule has 0 aliphatic carbocycles. The number of nitro groups is 1. The van der Waals surface area contributed by atoms with E-state index in [9.17, 15) is 10.1 Å². The van der Waals surface area contributed by atoms with Crippen molar-refractivity contribution in [2.75, 3.05) is 11.9 Å². The van der Waals surface area contributed by atoms with Crippen LogP contribution in [0.1, 0.15) is 12.5 Å². The molecular weight excluding hydrogens is 274 g/mol. The molecule has 1 aromatic rings. The molecule has 1 atom stereocenters. The van der Waals surface area contributed by atoms with E-state index in [0.717, 1.165) is 5.33 Å². The molecule has 0 fully saturated rings. The number of nitrogens with zero attached hydrogens (tertiary/aromatic N) is 1. The second-order valence-corrected chi connectivity index (χ2v) is 4.40. The van der Waals surface area contributed by atoms with Crippen LogP contribution in [0, 0.1) is 23.0 Å². The molecule has 0 amide bonds. The molecule has 1 unspecified atom stereocenters. The van der Waals surface area contributed by atoms with Gasteiger partial charge >= 0.3 is 5.69 Å². The first-order chi connectivity index (χ1) is 7.56. The summed E-state index contributed by atoms with van der Waals surface area (Å²) in [5, 5.41) is 11.7. The Hall–Kier alpha value is -1.10. The SMILES string of the molecule is Cc1cccc(OCC(C)CBr)c1[N+](=O)[O-]. The first kappa shape index (κ1) is 13.0. The molecule has 0 aliphatic rings. The zero-order valence-corrected chi connectivity index (χ0v) is 10.9. The average Bonchev–Trinajstić information content (AvgIpc) is 2.25. The molecule has 0 aliphatic heterocycles. The number of nitro benzene ring substituents is 1. The van der Waals surface area contributed by atoms with E-state index in [0.29, 0.717) is 23.8 Å². The van der Waals surface area contributed by atoms with Crippen LogP contribution in [-0.2, 0) is 0 Å². The highest BCUT2D eigenvalue weighted by Gasteiger charge is 2.18. The molecule has 16 heavy (non-hydrogen) atoms. The average molecular weight is 288 g/mol.